The van der Waals surface area contributed by atoms with E-state index in [4.69, 9.17) is 5.11 Å². The van der Waals surface area contributed by atoms with E-state index in [1.165, 1.54) is 6.92 Å². The van der Waals surface area contributed by atoms with Gasteiger partial charge in [0.15, 0.2) is 0 Å². The molecule has 1 aromatic heterocycles. The number of aromatic nitrogens is 3. The van der Waals surface area contributed by atoms with Crippen molar-refractivity contribution in [3.05, 3.63) is 34.6 Å². The minimum absolute atomic E-state index is 0.349. The summed E-state index contributed by atoms with van der Waals surface area (Å²) in [5.41, 5.74) is -0.0122. The van der Waals surface area contributed by atoms with Gasteiger partial charge in [-0.15, -0.1) is 5.10 Å². The fourth-order valence-electron chi connectivity index (χ4n) is 1.61. The molecule has 0 fully saturated rings. The Balaban J connectivity index is 2.22. The monoisotopic (exact) mass is 276 g/mol. The first kappa shape index (κ1) is 13.7. The molecule has 20 heavy (non-hydrogen) atoms. The third kappa shape index (κ3) is 2.79. The van der Waals surface area contributed by atoms with Crippen molar-refractivity contribution in [1.82, 2.24) is 20.3 Å². The van der Waals surface area contributed by atoms with Crippen LogP contribution in [-0.2, 0) is 16.1 Å². The molecule has 2 rings (SSSR count). The van der Waals surface area contributed by atoms with Crippen LogP contribution < -0.4 is 10.9 Å². The van der Waals surface area contributed by atoms with Crippen LogP contribution in [0.5, 0.6) is 0 Å². The highest BCUT2D eigenvalue weighted by Crippen LogP contribution is 2.03. The lowest BCUT2D eigenvalue weighted by Crippen LogP contribution is -2.42. The molecule has 2 N–H and O–H groups in total. The van der Waals surface area contributed by atoms with Crippen molar-refractivity contribution in [2.75, 3.05) is 0 Å². The number of nitrogens with one attached hydrogen (secondary N) is 1. The van der Waals surface area contributed by atoms with Crippen molar-refractivity contribution in [2.24, 2.45) is 0 Å². The van der Waals surface area contributed by atoms with Crippen LogP contribution in [0.15, 0.2) is 29.1 Å². The highest BCUT2D eigenvalue weighted by Gasteiger charge is 2.15. The van der Waals surface area contributed by atoms with Gasteiger partial charge in [-0.3, -0.25) is 14.4 Å². The van der Waals surface area contributed by atoms with Gasteiger partial charge in [0.1, 0.15) is 18.1 Å². The highest BCUT2D eigenvalue weighted by atomic mass is 16.4. The molecule has 0 saturated heterocycles. The molecule has 0 bridgehead atoms. The number of hydrogen-bond acceptors (Lipinski definition) is 5. The summed E-state index contributed by atoms with van der Waals surface area (Å²) < 4.78 is 0.895. The predicted molar refractivity (Wildman–Crippen MR) is 69.0 cm³/mol. The van der Waals surface area contributed by atoms with Crippen molar-refractivity contribution in [1.29, 1.82) is 0 Å². The number of carboxylic acids is 1. The number of benzene rings is 1. The molecule has 0 aliphatic heterocycles. The topological polar surface area (TPSA) is 114 Å². The van der Waals surface area contributed by atoms with E-state index in [-0.39, 0.29) is 6.54 Å². The smallest absolute Gasteiger partial charge is 0.325 e. The zero-order valence-electron chi connectivity index (χ0n) is 10.6. The molecule has 8 nitrogen and oxygen atoms in total. The quantitative estimate of drug-likeness (QED) is 0.769. The molecule has 104 valence electrons. The first-order valence-electron chi connectivity index (χ1n) is 5.84. The maximum absolute atomic E-state index is 12.0. The number of carbonyl (C=O) groups excluding carboxylic acids is 1. The number of carbonyl (C=O) groups is 2. The van der Waals surface area contributed by atoms with Crippen LogP contribution >= 0.6 is 0 Å². The Morgan fingerprint density at radius 1 is 1.40 bits per heavy atom. The van der Waals surface area contributed by atoms with Gasteiger partial charge >= 0.3 is 5.97 Å². The van der Waals surface area contributed by atoms with Crippen molar-refractivity contribution < 1.29 is 14.7 Å². The van der Waals surface area contributed by atoms with E-state index in [1.807, 2.05) is 0 Å². The fraction of sp³-hybridized carbons (Fsp3) is 0.250. The molecule has 0 saturated carbocycles. The van der Waals surface area contributed by atoms with Crippen LogP contribution in [0.3, 0.4) is 0 Å². The lowest BCUT2D eigenvalue weighted by Gasteiger charge is -2.09. The standard InChI is InChI=1S/C12H12N4O4/c1-7(12(19)20)13-10(17)6-16-11(18)8-4-2-3-5-9(8)14-15-16/h2-5,7H,6H2,1H3,(H,13,17)(H,19,20). The summed E-state index contributed by atoms with van der Waals surface area (Å²) in [6.45, 7) is 0.948. The van der Waals surface area contributed by atoms with Crippen molar-refractivity contribution in [3.8, 4) is 0 Å². The summed E-state index contributed by atoms with van der Waals surface area (Å²) in [6.07, 6.45) is 0. The van der Waals surface area contributed by atoms with Gasteiger partial charge in [-0.1, -0.05) is 17.3 Å². The zero-order valence-corrected chi connectivity index (χ0v) is 10.6. The minimum atomic E-state index is -1.16. The molecule has 0 radical (unpaired) electrons. The number of hydrogen-bond donors (Lipinski definition) is 2. The first-order chi connectivity index (χ1) is 9.49. The average molecular weight is 276 g/mol. The summed E-state index contributed by atoms with van der Waals surface area (Å²) in [5, 5.41) is 18.7. The molecule has 0 spiro atoms. The summed E-state index contributed by atoms with van der Waals surface area (Å²) in [5.74, 6) is -1.78. The van der Waals surface area contributed by atoms with Crippen LogP contribution in [0.25, 0.3) is 10.9 Å². The van der Waals surface area contributed by atoms with E-state index in [0.29, 0.717) is 10.9 Å². The molecule has 1 aromatic carbocycles. The average Bonchev–Trinajstić information content (AvgIpc) is 2.42. The molecule has 1 unspecified atom stereocenters. The van der Waals surface area contributed by atoms with Crippen LogP contribution in [-0.4, -0.2) is 38.0 Å². The molecular formula is C12H12N4O4. The number of rotatable bonds is 4. The third-order valence-corrected chi connectivity index (χ3v) is 2.67. The lowest BCUT2D eigenvalue weighted by atomic mass is 10.2. The first-order valence-corrected chi connectivity index (χ1v) is 5.84. The van der Waals surface area contributed by atoms with Crippen LogP contribution in [0.1, 0.15) is 6.92 Å². The summed E-state index contributed by atoms with van der Waals surface area (Å²) in [4.78, 5) is 34.3. The Labute approximate surface area is 113 Å². The fourth-order valence-corrected chi connectivity index (χ4v) is 1.61. The Morgan fingerprint density at radius 2 is 2.10 bits per heavy atom. The molecule has 1 amide bonds. The van der Waals surface area contributed by atoms with Crippen molar-refractivity contribution >= 4 is 22.8 Å². The SMILES string of the molecule is CC(NC(=O)Cn1nnc2ccccc2c1=O)C(=O)O. The Morgan fingerprint density at radius 3 is 2.80 bits per heavy atom. The van der Waals surface area contributed by atoms with E-state index in [1.54, 1.807) is 24.3 Å². The van der Waals surface area contributed by atoms with E-state index >= 15 is 0 Å². The predicted octanol–water partition coefficient (Wildman–Crippen LogP) is -0.619. The number of fused-ring (bicyclic) bond motifs is 1. The number of nitrogens with zero attached hydrogens (tertiary/aromatic N) is 3. The molecule has 1 atom stereocenters. The Hall–Kier alpha value is -2.77. The van der Waals surface area contributed by atoms with Gasteiger partial charge in [0.25, 0.3) is 5.56 Å². The molecule has 8 heteroatoms. The van der Waals surface area contributed by atoms with Crippen molar-refractivity contribution in [3.63, 3.8) is 0 Å². The number of amides is 1. The van der Waals surface area contributed by atoms with E-state index < -0.39 is 23.5 Å². The van der Waals surface area contributed by atoms with Gasteiger partial charge in [-0.05, 0) is 19.1 Å². The van der Waals surface area contributed by atoms with Gasteiger partial charge in [0.05, 0.1) is 5.39 Å². The normalized spacial score (nSPS) is 12.1. The van der Waals surface area contributed by atoms with Gasteiger partial charge in [0.2, 0.25) is 5.91 Å². The second-order valence-corrected chi connectivity index (χ2v) is 4.20. The molecule has 0 aliphatic carbocycles. The number of carboxylic acid groups (broad SMARTS) is 1. The van der Waals surface area contributed by atoms with Crippen LogP contribution in [0.2, 0.25) is 0 Å². The molecule has 0 aliphatic rings. The van der Waals surface area contributed by atoms with E-state index in [2.05, 4.69) is 15.6 Å². The van der Waals surface area contributed by atoms with Gasteiger partial charge in [0, 0.05) is 0 Å². The second-order valence-electron chi connectivity index (χ2n) is 4.20. The molecular weight excluding hydrogens is 264 g/mol. The lowest BCUT2D eigenvalue weighted by molar-refractivity contribution is -0.141. The van der Waals surface area contributed by atoms with Gasteiger partial charge in [-0.25, -0.2) is 4.68 Å². The molecule has 1 heterocycles. The summed E-state index contributed by atoms with van der Waals surface area (Å²) >= 11 is 0. The van der Waals surface area contributed by atoms with Crippen LogP contribution in [0, 0.1) is 0 Å². The zero-order chi connectivity index (χ0) is 14.7. The van der Waals surface area contributed by atoms with Gasteiger partial charge < -0.3 is 10.4 Å². The third-order valence-electron chi connectivity index (χ3n) is 2.67. The van der Waals surface area contributed by atoms with Crippen LogP contribution in [0.4, 0.5) is 0 Å². The summed E-state index contributed by atoms with van der Waals surface area (Å²) in [7, 11) is 0. The molecule has 2 aromatic rings. The van der Waals surface area contributed by atoms with Crippen molar-refractivity contribution in [2.45, 2.75) is 19.5 Å². The Kier molecular flexibility index (Phi) is 3.74. The minimum Gasteiger partial charge on any atom is -0.480 e. The maximum atomic E-state index is 12.0. The highest BCUT2D eigenvalue weighted by molar-refractivity contribution is 5.83. The Bertz CT molecular complexity index is 725. The maximum Gasteiger partial charge on any atom is 0.325 e. The number of aliphatic carboxylic acids is 1. The van der Waals surface area contributed by atoms with E-state index in [9.17, 15) is 14.4 Å². The largest absolute Gasteiger partial charge is 0.480 e. The summed E-state index contributed by atoms with van der Waals surface area (Å²) in [6, 6.07) is 5.60. The van der Waals surface area contributed by atoms with E-state index in [0.717, 1.165) is 4.68 Å². The second kappa shape index (κ2) is 5.47. The van der Waals surface area contributed by atoms with Gasteiger partial charge in [-0.2, -0.15) is 0 Å².